The van der Waals surface area contributed by atoms with E-state index in [4.69, 9.17) is 11.6 Å². The van der Waals surface area contributed by atoms with Crippen LogP contribution in [-0.2, 0) is 6.54 Å². The second kappa shape index (κ2) is 7.47. The van der Waals surface area contributed by atoms with Crippen molar-refractivity contribution in [2.75, 3.05) is 26.2 Å². The Morgan fingerprint density at radius 3 is 2.78 bits per heavy atom. The van der Waals surface area contributed by atoms with Gasteiger partial charge in [0.1, 0.15) is 0 Å². The Bertz CT molecular complexity index is 685. The number of hydrogen-bond donors (Lipinski definition) is 0. The van der Waals surface area contributed by atoms with E-state index in [1.165, 1.54) is 4.88 Å². The molecule has 0 N–H and O–H groups in total. The van der Waals surface area contributed by atoms with Crippen molar-refractivity contribution < 1.29 is 4.79 Å². The number of nitrogens with zero attached hydrogens (tertiary/aromatic N) is 2. The van der Waals surface area contributed by atoms with Crippen LogP contribution in [0.25, 0.3) is 0 Å². The van der Waals surface area contributed by atoms with E-state index in [0.717, 1.165) is 54.6 Å². The number of benzene rings is 1. The number of aryl methyl sites for hydroxylation is 1. The monoisotopic (exact) mass is 348 g/mol. The number of carbonyl (C=O) groups excluding carboxylic acids is 1. The lowest BCUT2D eigenvalue weighted by molar-refractivity contribution is 0.0761. The minimum atomic E-state index is 0.148. The first-order chi connectivity index (χ1) is 11.1. The van der Waals surface area contributed by atoms with E-state index in [-0.39, 0.29) is 5.91 Å². The highest BCUT2D eigenvalue weighted by Gasteiger charge is 2.20. The molecule has 0 atom stereocenters. The van der Waals surface area contributed by atoms with Crippen molar-refractivity contribution in [2.24, 2.45) is 0 Å². The van der Waals surface area contributed by atoms with E-state index in [2.05, 4.69) is 11.0 Å². The zero-order valence-corrected chi connectivity index (χ0v) is 14.9. The van der Waals surface area contributed by atoms with Crippen molar-refractivity contribution in [3.8, 4) is 0 Å². The molecule has 1 amide bonds. The normalized spacial score (nSPS) is 16.3. The molecule has 2 aromatic rings. The fourth-order valence-electron chi connectivity index (χ4n) is 2.95. The largest absolute Gasteiger partial charge is 0.337 e. The zero-order chi connectivity index (χ0) is 16.2. The first-order valence-electron chi connectivity index (χ1n) is 7.94. The summed E-state index contributed by atoms with van der Waals surface area (Å²) in [6.45, 7) is 6.48. The molecule has 3 nitrogen and oxygen atoms in total. The molecule has 1 saturated heterocycles. The standard InChI is InChI=1S/C18H21ClN2OS/c1-14-4-2-5-15(12-14)18(22)21-9-3-8-20(10-11-21)13-16-6-7-17(19)23-16/h2,4-7,12H,3,8-11,13H2,1H3. The van der Waals surface area contributed by atoms with Crippen LogP contribution in [0, 0.1) is 6.92 Å². The third-order valence-electron chi connectivity index (χ3n) is 4.15. The summed E-state index contributed by atoms with van der Waals surface area (Å²) in [6.07, 6.45) is 1.01. The summed E-state index contributed by atoms with van der Waals surface area (Å²) in [5.74, 6) is 0.148. The number of thiophene rings is 1. The Balaban J connectivity index is 1.60. The van der Waals surface area contributed by atoms with Gasteiger partial charge < -0.3 is 4.90 Å². The van der Waals surface area contributed by atoms with Gasteiger partial charge in [-0.25, -0.2) is 0 Å². The number of rotatable bonds is 3. The van der Waals surface area contributed by atoms with Crippen molar-refractivity contribution in [3.63, 3.8) is 0 Å². The van der Waals surface area contributed by atoms with Gasteiger partial charge in [0.15, 0.2) is 0 Å². The third kappa shape index (κ3) is 4.34. The molecule has 2 heterocycles. The molecule has 0 radical (unpaired) electrons. The quantitative estimate of drug-likeness (QED) is 0.835. The van der Waals surface area contributed by atoms with Crippen LogP contribution in [0.15, 0.2) is 36.4 Å². The summed E-state index contributed by atoms with van der Waals surface area (Å²) in [5, 5.41) is 0. The van der Waals surface area contributed by atoms with Crippen molar-refractivity contribution >= 4 is 28.8 Å². The molecular formula is C18H21ClN2OS. The van der Waals surface area contributed by atoms with Crippen LogP contribution in [0.4, 0.5) is 0 Å². The smallest absolute Gasteiger partial charge is 0.253 e. The molecule has 1 fully saturated rings. The number of hydrogen-bond acceptors (Lipinski definition) is 3. The molecule has 0 unspecified atom stereocenters. The maximum absolute atomic E-state index is 12.7. The van der Waals surface area contributed by atoms with E-state index in [1.807, 2.05) is 42.2 Å². The van der Waals surface area contributed by atoms with Crippen LogP contribution in [0.1, 0.15) is 27.2 Å². The van der Waals surface area contributed by atoms with Gasteiger partial charge in [-0.15, -0.1) is 11.3 Å². The average molecular weight is 349 g/mol. The maximum atomic E-state index is 12.7. The minimum absolute atomic E-state index is 0.148. The van der Waals surface area contributed by atoms with Crippen LogP contribution in [0.3, 0.4) is 0 Å². The third-order valence-corrected chi connectivity index (χ3v) is 5.36. The van der Waals surface area contributed by atoms with Gasteiger partial charge in [-0.3, -0.25) is 9.69 Å². The summed E-state index contributed by atoms with van der Waals surface area (Å²) in [6, 6.07) is 11.9. The second-order valence-corrected chi connectivity index (χ2v) is 7.80. The van der Waals surface area contributed by atoms with Gasteiger partial charge in [-0.1, -0.05) is 29.3 Å². The molecule has 1 aliphatic rings. The molecule has 1 aromatic carbocycles. The molecule has 0 saturated carbocycles. The van der Waals surface area contributed by atoms with Gasteiger partial charge in [-0.05, 0) is 37.6 Å². The lowest BCUT2D eigenvalue weighted by Gasteiger charge is -2.22. The van der Waals surface area contributed by atoms with E-state index in [0.29, 0.717) is 0 Å². The van der Waals surface area contributed by atoms with E-state index in [9.17, 15) is 4.79 Å². The molecule has 0 spiro atoms. The molecule has 5 heteroatoms. The summed E-state index contributed by atoms with van der Waals surface area (Å²) >= 11 is 7.64. The summed E-state index contributed by atoms with van der Waals surface area (Å²) < 4.78 is 0.839. The molecule has 1 aromatic heterocycles. The van der Waals surface area contributed by atoms with Crippen molar-refractivity contribution in [1.29, 1.82) is 0 Å². The van der Waals surface area contributed by atoms with Crippen LogP contribution in [-0.4, -0.2) is 41.9 Å². The first-order valence-corrected chi connectivity index (χ1v) is 9.14. The van der Waals surface area contributed by atoms with Crippen LogP contribution in [0.5, 0.6) is 0 Å². The van der Waals surface area contributed by atoms with Gasteiger partial charge in [0.2, 0.25) is 0 Å². The summed E-state index contributed by atoms with van der Waals surface area (Å²) in [7, 11) is 0. The van der Waals surface area contributed by atoms with Crippen molar-refractivity contribution in [3.05, 3.63) is 56.7 Å². The Morgan fingerprint density at radius 2 is 2.04 bits per heavy atom. The Hall–Kier alpha value is -1.36. The van der Waals surface area contributed by atoms with E-state index in [1.54, 1.807) is 11.3 Å². The topological polar surface area (TPSA) is 23.6 Å². The number of halogens is 1. The van der Waals surface area contributed by atoms with Crippen molar-refractivity contribution in [1.82, 2.24) is 9.80 Å². The van der Waals surface area contributed by atoms with E-state index >= 15 is 0 Å². The van der Waals surface area contributed by atoms with Crippen LogP contribution >= 0.6 is 22.9 Å². The minimum Gasteiger partial charge on any atom is -0.337 e. The molecule has 122 valence electrons. The Kier molecular flexibility index (Phi) is 5.36. The highest BCUT2D eigenvalue weighted by molar-refractivity contribution is 7.16. The fourth-order valence-corrected chi connectivity index (χ4v) is 4.08. The van der Waals surface area contributed by atoms with Crippen molar-refractivity contribution in [2.45, 2.75) is 19.9 Å². The van der Waals surface area contributed by atoms with Gasteiger partial charge in [0.25, 0.3) is 5.91 Å². The van der Waals surface area contributed by atoms with Gasteiger partial charge >= 0.3 is 0 Å². The highest BCUT2D eigenvalue weighted by Crippen LogP contribution is 2.23. The number of amides is 1. The molecule has 0 bridgehead atoms. The SMILES string of the molecule is Cc1cccc(C(=O)N2CCCN(Cc3ccc(Cl)s3)CC2)c1. The van der Waals surface area contributed by atoms with Crippen LogP contribution in [0.2, 0.25) is 4.34 Å². The number of carbonyl (C=O) groups is 1. The maximum Gasteiger partial charge on any atom is 0.253 e. The van der Waals surface area contributed by atoms with Gasteiger partial charge in [0.05, 0.1) is 4.34 Å². The zero-order valence-electron chi connectivity index (χ0n) is 13.3. The highest BCUT2D eigenvalue weighted by atomic mass is 35.5. The molecule has 0 aliphatic carbocycles. The average Bonchev–Trinajstić information content (AvgIpc) is 2.80. The summed E-state index contributed by atoms with van der Waals surface area (Å²) in [4.78, 5) is 18.3. The van der Waals surface area contributed by atoms with Gasteiger partial charge in [0, 0.05) is 43.2 Å². The molecule has 3 rings (SSSR count). The summed E-state index contributed by atoms with van der Waals surface area (Å²) in [5.41, 5.74) is 1.92. The lowest BCUT2D eigenvalue weighted by atomic mass is 10.1. The lowest BCUT2D eigenvalue weighted by Crippen LogP contribution is -2.35. The molecule has 1 aliphatic heterocycles. The predicted molar refractivity (Wildman–Crippen MR) is 96.3 cm³/mol. The molecular weight excluding hydrogens is 328 g/mol. The molecule has 23 heavy (non-hydrogen) atoms. The first kappa shape index (κ1) is 16.5. The second-order valence-electron chi connectivity index (χ2n) is 6.00. The Labute approximate surface area is 146 Å². The predicted octanol–water partition coefficient (Wildman–Crippen LogP) is 4.06. The van der Waals surface area contributed by atoms with E-state index < -0.39 is 0 Å². The fraction of sp³-hybridized carbons (Fsp3) is 0.389. The van der Waals surface area contributed by atoms with Crippen LogP contribution < -0.4 is 0 Å². The van der Waals surface area contributed by atoms with Gasteiger partial charge in [-0.2, -0.15) is 0 Å². The Morgan fingerprint density at radius 1 is 1.17 bits per heavy atom.